The molecule has 4 rings (SSSR count). The number of urea groups is 1. The minimum absolute atomic E-state index is 0.0300. The Hall–Kier alpha value is -2.50. The topological polar surface area (TPSA) is 65.8 Å². The molecule has 0 bridgehead atoms. The van der Waals surface area contributed by atoms with E-state index >= 15 is 0 Å². The van der Waals surface area contributed by atoms with Gasteiger partial charge in [-0.2, -0.15) is 0 Å². The van der Waals surface area contributed by atoms with Crippen molar-refractivity contribution in [1.29, 1.82) is 0 Å². The van der Waals surface area contributed by atoms with Gasteiger partial charge in [-0.15, -0.1) is 0 Å². The van der Waals surface area contributed by atoms with Crippen molar-refractivity contribution < 1.29 is 14.0 Å². The molecule has 1 N–H and O–H groups in total. The third-order valence-electron chi connectivity index (χ3n) is 5.28. The van der Waals surface area contributed by atoms with Crippen LogP contribution in [0.3, 0.4) is 0 Å². The number of benzene rings is 1. The Morgan fingerprint density at radius 2 is 2.17 bits per heavy atom. The van der Waals surface area contributed by atoms with Gasteiger partial charge in [-0.1, -0.05) is 18.2 Å². The fraction of sp³-hybridized carbons (Fsp3) is 0.444. The van der Waals surface area contributed by atoms with Crippen molar-refractivity contribution in [3.8, 4) is 0 Å². The number of rotatable bonds is 2. The number of hydrogen-bond donors (Lipinski definition) is 1. The predicted octanol–water partition coefficient (Wildman–Crippen LogP) is 1.91. The summed E-state index contributed by atoms with van der Waals surface area (Å²) in [4.78, 5) is 28.1. The highest BCUT2D eigenvalue weighted by atomic mass is 16.3. The summed E-state index contributed by atoms with van der Waals surface area (Å²) in [6.07, 6.45) is 1.15. The first-order valence-corrected chi connectivity index (χ1v) is 8.32. The van der Waals surface area contributed by atoms with Crippen molar-refractivity contribution in [1.82, 2.24) is 15.1 Å². The third-order valence-corrected chi connectivity index (χ3v) is 5.28. The Balaban J connectivity index is 1.51. The minimum Gasteiger partial charge on any atom is -0.461 e. The minimum atomic E-state index is -0.0454. The molecule has 2 aromatic rings. The first kappa shape index (κ1) is 15.1. The number of nitrogens with zero attached hydrogens (tertiary/aromatic N) is 2. The van der Waals surface area contributed by atoms with Crippen molar-refractivity contribution >= 4 is 22.9 Å². The van der Waals surface area contributed by atoms with Crippen molar-refractivity contribution in [3.63, 3.8) is 0 Å². The molecule has 2 atom stereocenters. The van der Waals surface area contributed by atoms with Gasteiger partial charge in [-0.25, -0.2) is 4.79 Å². The number of para-hydroxylation sites is 1. The Labute approximate surface area is 140 Å². The summed E-state index contributed by atoms with van der Waals surface area (Å²) in [6, 6.07) is 7.98. The molecule has 126 valence electrons. The number of fused-ring (bicyclic) bond motifs is 2. The number of carbonyl (C=O) groups excluding carboxylic acids is 2. The van der Waals surface area contributed by atoms with E-state index in [9.17, 15) is 9.59 Å². The highest BCUT2D eigenvalue weighted by Gasteiger charge is 2.41. The summed E-state index contributed by atoms with van der Waals surface area (Å²) in [5.41, 5.74) is 1.78. The second-order valence-electron chi connectivity index (χ2n) is 6.67. The number of piperidine rings is 1. The molecule has 0 aliphatic carbocycles. The highest BCUT2D eigenvalue weighted by Crippen LogP contribution is 2.27. The second-order valence-corrected chi connectivity index (χ2v) is 6.67. The lowest BCUT2D eigenvalue weighted by atomic mass is 9.99. The Morgan fingerprint density at radius 1 is 1.38 bits per heavy atom. The quantitative estimate of drug-likeness (QED) is 0.916. The first-order chi connectivity index (χ1) is 11.5. The number of amides is 3. The van der Waals surface area contributed by atoms with Crippen LogP contribution >= 0.6 is 0 Å². The average molecular weight is 327 g/mol. The number of hydrogen-bond acceptors (Lipinski definition) is 3. The molecule has 24 heavy (non-hydrogen) atoms. The molecule has 2 aliphatic heterocycles. The van der Waals surface area contributed by atoms with Crippen LogP contribution in [0.1, 0.15) is 17.7 Å². The largest absolute Gasteiger partial charge is 0.461 e. The van der Waals surface area contributed by atoms with Gasteiger partial charge >= 0.3 is 6.03 Å². The molecule has 1 aromatic carbocycles. The molecular formula is C18H21N3O3. The Morgan fingerprint density at radius 3 is 3.00 bits per heavy atom. The van der Waals surface area contributed by atoms with Crippen LogP contribution in [0.5, 0.6) is 0 Å². The van der Waals surface area contributed by atoms with E-state index in [2.05, 4.69) is 5.32 Å². The molecule has 6 heteroatoms. The number of furan rings is 1. The summed E-state index contributed by atoms with van der Waals surface area (Å²) in [7, 11) is 1.82. The number of aryl methyl sites for hydroxylation is 1. The second kappa shape index (κ2) is 5.54. The normalized spacial score (nSPS) is 23.5. The van der Waals surface area contributed by atoms with Gasteiger partial charge in [0.1, 0.15) is 11.3 Å². The van der Waals surface area contributed by atoms with Crippen LogP contribution in [0.4, 0.5) is 4.79 Å². The van der Waals surface area contributed by atoms with Gasteiger partial charge in [0, 0.05) is 31.1 Å². The lowest BCUT2D eigenvalue weighted by molar-refractivity contribution is -0.132. The molecular weight excluding hydrogens is 306 g/mol. The van der Waals surface area contributed by atoms with Crippen LogP contribution in [0.15, 0.2) is 28.7 Å². The van der Waals surface area contributed by atoms with Crippen LogP contribution in [-0.4, -0.2) is 54.0 Å². The molecule has 6 nitrogen and oxygen atoms in total. The Kier molecular flexibility index (Phi) is 3.48. The molecule has 0 spiro atoms. The van der Waals surface area contributed by atoms with E-state index in [1.54, 1.807) is 4.90 Å². The fourth-order valence-corrected chi connectivity index (χ4v) is 3.89. The zero-order valence-electron chi connectivity index (χ0n) is 13.9. The third kappa shape index (κ3) is 2.33. The zero-order chi connectivity index (χ0) is 16.8. The number of likely N-dealkylation sites (tertiary alicyclic amines) is 1. The SMILES string of the molecule is Cc1oc2ccccc2c1CC(=O)N1CC[C@H]2[C@@H](C1)NC(=O)N2C. The molecule has 3 amide bonds. The van der Waals surface area contributed by atoms with Crippen LogP contribution in [-0.2, 0) is 11.2 Å². The van der Waals surface area contributed by atoms with Crippen molar-refractivity contribution in [3.05, 3.63) is 35.6 Å². The molecule has 1 aromatic heterocycles. The highest BCUT2D eigenvalue weighted by molar-refractivity contribution is 5.89. The fourth-order valence-electron chi connectivity index (χ4n) is 3.89. The lowest BCUT2D eigenvalue weighted by Crippen LogP contribution is -2.52. The van der Waals surface area contributed by atoms with E-state index in [0.29, 0.717) is 19.5 Å². The number of nitrogens with one attached hydrogen (secondary N) is 1. The monoisotopic (exact) mass is 327 g/mol. The summed E-state index contributed by atoms with van der Waals surface area (Å²) >= 11 is 0. The van der Waals surface area contributed by atoms with Gasteiger partial charge < -0.3 is 19.5 Å². The predicted molar refractivity (Wildman–Crippen MR) is 89.7 cm³/mol. The van der Waals surface area contributed by atoms with E-state index in [4.69, 9.17) is 4.42 Å². The molecule has 2 fully saturated rings. The van der Waals surface area contributed by atoms with Crippen LogP contribution < -0.4 is 5.32 Å². The maximum absolute atomic E-state index is 12.8. The van der Waals surface area contributed by atoms with Gasteiger partial charge in [-0.3, -0.25) is 4.79 Å². The molecule has 0 radical (unpaired) electrons. The Bertz CT molecular complexity index is 813. The zero-order valence-corrected chi connectivity index (χ0v) is 13.9. The van der Waals surface area contributed by atoms with E-state index in [1.165, 1.54) is 0 Å². The smallest absolute Gasteiger partial charge is 0.317 e. The number of likely N-dealkylation sites (N-methyl/N-ethyl adjacent to an activating group) is 1. The van der Waals surface area contributed by atoms with E-state index < -0.39 is 0 Å². The van der Waals surface area contributed by atoms with E-state index in [1.807, 2.05) is 43.1 Å². The summed E-state index contributed by atoms with van der Waals surface area (Å²) in [5, 5.41) is 3.97. The van der Waals surface area contributed by atoms with Crippen molar-refractivity contribution in [2.75, 3.05) is 20.1 Å². The molecule has 0 unspecified atom stereocenters. The van der Waals surface area contributed by atoms with E-state index in [-0.39, 0.29) is 24.0 Å². The van der Waals surface area contributed by atoms with Gasteiger partial charge in [-0.05, 0) is 19.4 Å². The number of carbonyl (C=O) groups is 2. The summed E-state index contributed by atoms with van der Waals surface area (Å²) in [6.45, 7) is 3.17. The molecule has 2 aliphatic rings. The van der Waals surface area contributed by atoms with Gasteiger partial charge in [0.15, 0.2) is 0 Å². The maximum atomic E-state index is 12.8. The van der Waals surface area contributed by atoms with Crippen molar-refractivity contribution in [2.24, 2.45) is 0 Å². The molecule has 2 saturated heterocycles. The van der Waals surface area contributed by atoms with Crippen LogP contribution in [0, 0.1) is 6.92 Å². The standard InChI is InChI=1S/C18H21N3O3/c1-11-13(12-5-3-4-6-16(12)24-11)9-17(22)21-8-7-15-14(10-21)19-18(23)20(15)2/h3-6,14-15H,7-10H2,1-2H3,(H,19,23)/t14-,15+/m1/s1. The van der Waals surface area contributed by atoms with Crippen LogP contribution in [0.2, 0.25) is 0 Å². The van der Waals surface area contributed by atoms with Gasteiger partial charge in [0.05, 0.1) is 18.5 Å². The van der Waals surface area contributed by atoms with E-state index in [0.717, 1.165) is 28.7 Å². The summed E-state index contributed by atoms with van der Waals surface area (Å²) in [5.74, 6) is 0.889. The first-order valence-electron chi connectivity index (χ1n) is 8.32. The lowest BCUT2D eigenvalue weighted by Gasteiger charge is -2.35. The molecule has 0 saturated carbocycles. The maximum Gasteiger partial charge on any atom is 0.317 e. The van der Waals surface area contributed by atoms with Crippen molar-refractivity contribution in [2.45, 2.75) is 31.8 Å². The van der Waals surface area contributed by atoms with Gasteiger partial charge in [0.25, 0.3) is 0 Å². The molecule has 3 heterocycles. The van der Waals surface area contributed by atoms with Crippen LogP contribution in [0.25, 0.3) is 11.0 Å². The van der Waals surface area contributed by atoms with Gasteiger partial charge in [0.2, 0.25) is 5.91 Å². The summed E-state index contributed by atoms with van der Waals surface area (Å²) < 4.78 is 5.75. The average Bonchev–Trinajstić information content (AvgIpc) is 3.04.